The van der Waals surface area contributed by atoms with E-state index >= 15 is 0 Å². The maximum atomic E-state index is 11.2. The second kappa shape index (κ2) is 8.24. The van der Waals surface area contributed by atoms with Gasteiger partial charge in [-0.15, -0.1) is 0 Å². The van der Waals surface area contributed by atoms with E-state index in [4.69, 9.17) is 0 Å². The van der Waals surface area contributed by atoms with Crippen molar-refractivity contribution in [1.29, 1.82) is 0 Å². The van der Waals surface area contributed by atoms with Gasteiger partial charge in [-0.3, -0.25) is 9.78 Å². The molecule has 3 rings (SSSR count). The molecule has 2 aromatic rings. The topological polar surface area (TPSA) is 30.0 Å². The van der Waals surface area contributed by atoms with Crippen molar-refractivity contribution in [3.05, 3.63) is 63.3 Å². The first-order valence-electron chi connectivity index (χ1n) is 9.40. The number of benzene rings is 1. The van der Waals surface area contributed by atoms with Crippen molar-refractivity contribution in [2.75, 3.05) is 0 Å². The lowest BCUT2D eigenvalue weighted by Crippen LogP contribution is -2.31. The highest BCUT2D eigenvalue weighted by Gasteiger charge is 2.05. The van der Waals surface area contributed by atoms with Crippen molar-refractivity contribution < 1.29 is 4.79 Å². The maximum absolute atomic E-state index is 11.2. The fraction of sp³-hybridized carbons (Fsp3) is 0.391. The van der Waals surface area contributed by atoms with Gasteiger partial charge in [-0.1, -0.05) is 32.1 Å². The average Bonchev–Trinajstić information content (AvgIpc) is 2.65. The van der Waals surface area contributed by atoms with Crippen LogP contribution in [0.15, 0.2) is 30.5 Å². The SMILES string of the molecule is CC(C)c1ccc(CCCCc2cc(C=O)cc3c2=CCCC=3)cn1. The monoisotopic (exact) mass is 333 g/mol. The molecule has 0 spiro atoms. The normalized spacial score (nSPS) is 13.1. The van der Waals surface area contributed by atoms with Crippen LogP contribution in [-0.2, 0) is 12.8 Å². The molecule has 1 aliphatic carbocycles. The van der Waals surface area contributed by atoms with Gasteiger partial charge in [0.05, 0.1) is 0 Å². The van der Waals surface area contributed by atoms with Crippen LogP contribution in [0.4, 0.5) is 0 Å². The van der Waals surface area contributed by atoms with Crippen LogP contribution < -0.4 is 10.4 Å². The van der Waals surface area contributed by atoms with Crippen LogP contribution in [0.5, 0.6) is 0 Å². The smallest absolute Gasteiger partial charge is 0.150 e. The molecule has 1 heterocycles. The molecule has 0 N–H and O–H groups in total. The van der Waals surface area contributed by atoms with Crippen molar-refractivity contribution in [1.82, 2.24) is 4.98 Å². The van der Waals surface area contributed by atoms with Crippen LogP contribution in [-0.4, -0.2) is 11.3 Å². The lowest BCUT2D eigenvalue weighted by molar-refractivity contribution is 0.112. The summed E-state index contributed by atoms with van der Waals surface area (Å²) >= 11 is 0. The number of aldehydes is 1. The number of carbonyl (C=O) groups is 1. The molecule has 0 saturated carbocycles. The minimum absolute atomic E-state index is 0.485. The highest BCUT2D eigenvalue weighted by atomic mass is 16.1. The van der Waals surface area contributed by atoms with E-state index in [0.29, 0.717) is 5.92 Å². The van der Waals surface area contributed by atoms with Crippen molar-refractivity contribution in [2.24, 2.45) is 0 Å². The Morgan fingerprint density at radius 1 is 1.08 bits per heavy atom. The predicted octanol–water partition coefficient (Wildman–Crippen LogP) is 3.94. The van der Waals surface area contributed by atoms with E-state index in [2.05, 4.69) is 49.2 Å². The molecule has 25 heavy (non-hydrogen) atoms. The van der Waals surface area contributed by atoms with Crippen molar-refractivity contribution in [3.8, 4) is 0 Å². The summed E-state index contributed by atoms with van der Waals surface area (Å²) in [6.07, 6.45) is 14.1. The number of pyridine rings is 1. The Kier molecular flexibility index (Phi) is 5.80. The van der Waals surface area contributed by atoms with Gasteiger partial charge in [0.25, 0.3) is 0 Å². The highest BCUT2D eigenvalue weighted by molar-refractivity contribution is 5.75. The molecule has 0 bridgehead atoms. The summed E-state index contributed by atoms with van der Waals surface area (Å²) in [6.45, 7) is 4.34. The van der Waals surface area contributed by atoms with Gasteiger partial charge in [-0.2, -0.15) is 0 Å². The molecule has 0 radical (unpaired) electrons. The van der Waals surface area contributed by atoms with E-state index < -0.39 is 0 Å². The van der Waals surface area contributed by atoms with Crippen molar-refractivity contribution in [2.45, 2.75) is 58.3 Å². The second-order valence-electron chi connectivity index (χ2n) is 7.24. The summed E-state index contributed by atoms with van der Waals surface area (Å²) < 4.78 is 0. The van der Waals surface area contributed by atoms with E-state index in [1.807, 2.05) is 12.3 Å². The van der Waals surface area contributed by atoms with Gasteiger partial charge in [0.15, 0.2) is 0 Å². The Hall–Kier alpha value is -2.22. The molecule has 130 valence electrons. The zero-order valence-corrected chi connectivity index (χ0v) is 15.3. The summed E-state index contributed by atoms with van der Waals surface area (Å²) in [5.74, 6) is 0.485. The van der Waals surface area contributed by atoms with Gasteiger partial charge in [0, 0.05) is 17.5 Å². The lowest BCUT2D eigenvalue weighted by Gasteiger charge is -2.09. The van der Waals surface area contributed by atoms with Gasteiger partial charge < -0.3 is 0 Å². The first-order valence-corrected chi connectivity index (χ1v) is 9.40. The van der Waals surface area contributed by atoms with Gasteiger partial charge in [-0.25, -0.2) is 0 Å². The highest BCUT2D eigenvalue weighted by Crippen LogP contribution is 2.13. The number of carbonyl (C=O) groups excluding carboxylic acids is 1. The molecule has 0 atom stereocenters. The number of hydrogen-bond acceptors (Lipinski definition) is 2. The lowest BCUT2D eigenvalue weighted by atomic mass is 9.96. The average molecular weight is 333 g/mol. The van der Waals surface area contributed by atoms with Crippen molar-refractivity contribution >= 4 is 18.4 Å². The summed E-state index contributed by atoms with van der Waals surface area (Å²) in [4.78, 5) is 15.8. The van der Waals surface area contributed by atoms with Gasteiger partial charge in [-0.05, 0) is 84.2 Å². The van der Waals surface area contributed by atoms with Gasteiger partial charge in [0.1, 0.15) is 6.29 Å². The van der Waals surface area contributed by atoms with Gasteiger partial charge >= 0.3 is 0 Å². The third-order valence-electron chi connectivity index (χ3n) is 4.94. The van der Waals surface area contributed by atoms with E-state index in [1.165, 1.54) is 21.6 Å². The summed E-state index contributed by atoms with van der Waals surface area (Å²) in [5, 5.41) is 2.58. The van der Waals surface area contributed by atoms with Crippen LogP contribution in [0.1, 0.15) is 72.6 Å². The van der Waals surface area contributed by atoms with E-state index in [-0.39, 0.29) is 0 Å². The maximum Gasteiger partial charge on any atom is 0.150 e. The fourth-order valence-corrected chi connectivity index (χ4v) is 3.49. The Labute approximate surface area is 150 Å². The first-order chi connectivity index (χ1) is 12.2. The summed E-state index contributed by atoms with van der Waals surface area (Å²) in [5.41, 5.74) is 4.60. The zero-order valence-electron chi connectivity index (χ0n) is 15.3. The molecule has 0 saturated heterocycles. The third-order valence-corrected chi connectivity index (χ3v) is 4.94. The fourth-order valence-electron chi connectivity index (χ4n) is 3.49. The molecule has 0 aliphatic heterocycles. The molecule has 2 nitrogen and oxygen atoms in total. The quantitative estimate of drug-likeness (QED) is 0.567. The molecule has 1 aliphatic rings. The van der Waals surface area contributed by atoms with Crippen LogP contribution in [0.25, 0.3) is 12.2 Å². The van der Waals surface area contributed by atoms with Crippen molar-refractivity contribution in [3.63, 3.8) is 0 Å². The first kappa shape index (κ1) is 17.6. The van der Waals surface area contributed by atoms with E-state index in [9.17, 15) is 4.79 Å². The minimum atomic E-state index is 0.485. The molecule has 0 amide bonds. The summed E-state index contributed by atoms with van der Waals surface area (Å²) in [7, 11) is 0. The Morgan fingerprint density at radius 2 is 1.88 bits per heavy atom. The van der Waals surface area contributed by atoms with Crippen LogP contribution in [0, 0.1) is 0 Å². The number of aromatic nitrogens is 1. The van der Waals surface area contributed by atoms with E-state index in [1.54, 1.807) is 0 Å². The number of hydrogen-bond donors (Lipinski definition) is 0. The standard InChI is InChI=1S/C23H27NO/c1-17(2)23-12-11-18(15-24-23)7-3-4-8-20-13-19(16-25)14-21-9-5-6-10-22(20)21/h9-17H,3-8H2,1-2H3. The van der Waals surface area contributed by atoms with Crippen LogP contribution >= 0.6 is 0 Å². The Morgan fingerprint density at radius 3 is 2.60 bits per heavy atom. The minimum Gasteiger partial charge on any atom is -0.298 e. The number of nitrogens with zero attached hydrogens (tertiary/aromatic N) is 1. The molecule has 0 unspecified atom stereocenters. The Bertz CT molecular complexity index is 847. The predicted molar refractivity (Wildman–Crippen MR) is 104 cm³/mol. The van der Waals surface area contributed by atoms with Gasteiger partial charge in [0.2, 0.25) is 0 Å². The molecular weight excluding hydrogens is 306 g/mol. The molecule has 1 aromatic carbocycles. The third kappa shape index (κ3) is 4.45. The van der Waals surface area contributed by atoms with E-state index in [0.717, 1.165) is 56.1 Å². The zero-order chi connectivity index (χ0) is 17.6. The number of rotatable bonds is 7. The molecular formula is C23H27NO. The molecule has 0 fully saturated rings. The number of aryl methyl sites for hydroxylation is 2. The summed E-state index contributed by atoms with van der Waals surface area (Å²) in [6, 6.07) is 8.44. The van der Waals surface area contributed by atoms with Crippen LogP contribution in [0.2, 0.25) is 0 Å². The Balaban J connectivity index is 1.62. The number of fused-ring (bicyclic) bond motifs is 1. The second-order valence-corrected chi connectivity index (χ2v) is 7.24. The van der Waals surface area contributed by atoms with Crippen LogP contribution in [0.3, 0.4) is 0 Å². The molecule has 1 aromatic heterocycles. The molecule has 2 heteroatoms. The number of unbranched alkanes of at least 4 members (excludes halogenated alkanes) is 1. The largest absolute Gasteiger partial charge is 0.298 e.